The van der Waals surface area contributed by atoms with Crippen LogP contribution in [0.3, 0.4) is 0 Å². The fourth-order valence-electron chi connectivity index (χ4n) is 4.89. The molecule has 2 fully saturated rings. The van der Waals surface area contributed by atoms with Gasteiger partial charge in [0, 0.05) is 0 Å². The Morgan fingerprint density at radius 1 is 0.676 bits per heavy atom. The number of rotatable bonds is 11. The van der Waals surface area contributed by atoms with E-state index >= 15 is 0 Å². The Morgan fingerprint density at radius 2 is 1.16 bits per heavy atom. The minimum atomic E-state index is -0.335. The maximum Gasteiger partial charge on any atom is 0.106 e. The Labute approximate surface area is 228 Å². The number of benzene rings is 3. The molecule has 2 heterocycles. The van der Waals surface area contributed by atoms with Gasteiger partial charge in [-0.2, -0.15) is 5.06 Å². The molecule has 4 atom stereocenters. The van der Waals surface area contributed by atoms with E-state index in [9.17, 15) is 5.21 Å². The largest absolute Gasteiger partial charge is 0.375 e. The van der Waals surface area contributed by atoms with Crippen LogP contribution in [0.2, 0.25) is 0 Å². The summed E-state index contributed by atoms with van der Waals surface area (Å²) >= 11 is 3.83. The zero-order valence-corrected chi connectivity index (χ0v) is 22.6. The van der Waals surface area contributed by atoms with Gasteiger partial charge in [0.05, 0.1) is 43.1 Å². The van der Waals surface area contributed by atoms with E-state index in [1.165, 1.54) is 11.5 Å². The number of nitrogens with zero attached hydrogens (tertiary/aromatic N) is 1. The summed E-state index contributed by atoms with van der Waals surface area (Å²) in [5.41, 5.74) is 3.32. The SMILES string of the molecule is ON1[C@@H](COCc2ccccc2)[C@H](OCc2ccccc2)[C@@H](OCc2ccccc2)[C@@H]1C1SCCCS1. The fourth-order valence-corrected chi connectivity index (χ4v) is 8.08. The first-order chi connectivity index (χ1) is 18.3. The van der Waals surface area contributed by atoms with Crippen LogP contribution in [-0.2, 0) is 34.0 Å². The Kier molecular flexibility index (Phi) is 9.98. The highest BCUT2D eigenvalue weighted by Crippen LogP contribution is 2.42. The summed E-state index contributed by atoms with van der Waals surface area (Å²) in [7, 11) is 0. The van der Waals surface area contributed by atoms with Gasteiger partial charge in [0.2, 0.25) is 0 Å². The summed E-state index contributed by atoms with van der Waals surface area (Å²) in [6, 6.07) is 30.0. The Morgan fingerprint density at radius 3 is 1.70 bits per heavy atom. The van der Waals surface area contributed by atoms with Crippen LogP contribution in [0, 0.1) is 0 Å². The summed E-state index contributed by atoms with van der Waals surface area (Å²) in [4.78, 5) is 0. The van der Waals surface area contributed by atoms with Crippen molar-refractivity contribution in [1.82, 2.24) is 5.06 Å². The van der Waals surface area contributed by atoms with Crippen molar-refractivity contribution in [3.63, 3.8) is 0 Å². The molecule has 0 amide bonds. The average molecular weight is 538 g/mol. The molecule has 1 N–H and O–H groups in total. The van der Waals surface area contributed by atoms with E-state index < -0.39 is 0 Å². The van der Waals surface area contributed by atoms with Gasteiger partial charge in [-0.3, -0.25) is 0 Å². The van der Waals surface area contributed by atoms with Crippen LogP contribution in [0.1, 0.15) is 23.1 Å². The molecule has 5 rings (SSSR count). The molecule has 5 nitrogen and oxygen atoms in total. The zero-order chi connectivity index (χ0) is 25.3. The van der Waals surface area contributed by atoms with Gasteiger partial charge < -0.3 is 19.4 Å². The first-order valence-corrected chi connectivity index (χ1v) is 15.0. The monoisotopic (exact) mass is 537 g/mol. The molecule has 3 aromatic carbocycles. The lowest BCUT2D eigenvalue weighted by Crippen LogP contribution is -2.45. The van der Waals surface area contributed by atoms with E-state index in [2.05, 4.69) is 36.4 Å². The molecule has 2 aliphatic heterocycles. The molecule has 0 spiro atoms. The first kappa shape index (κ1) is 26.8. The van der Waals surface area contributed by atoms with Crippen LogP contribution in [0.4, 0.5) is 0 Å². The lowest BCUT2D eigenvalue weighted by molar-refractivity contribution is -0.162. The van der Waals surface area contributed by atoms with E-state index in [0.717, 1.165) is 28.2 Å². The van der Waals surface area contributed by atoms with Crippen LogP contribution in [-0.4, -0.2) is 57.3 Å². The Balaban J connectivity index is 1.36. The van der Waals surface area contributed by atoms with Gasteiger partial charge in [0.25, 0.3) is 0 Å². The molecule has 2 saturated heterocycles. The Bertz CT molecular complexity index is 1050. The number of hydroxylamine groups is 2. The van der Waals surface area contributed by atoms with E-state index in [1.807, 2.05) is 78.1 Å². The molecule has 196 valence electrons. The van der Waals surface area contributed by atoms with E-state index in [4.69, 9.17) is 14.2 Å². The van der Waals surface area contributed by atoms with E-state index in [0.29, 0.717) is 26.4 Å². The summed E-state index contributed by atoms with van der Waals surface area (Å²) in [6.45, 7) is 1.77. The van der Waals surface area contributed by atoms with Crippen molar-refractivity contribution in [1.29, 1.82) is 0 Å². The second-order valence-corrected chi connectivity index (χ2v) is 12.2. The van der Waals surface area contributed by atoms with Crippen molar-refractivity contribution in [2.24, 2.45) is 0 Å². The van der Waals surface area contributed by atoms with Crippen LogP contribution in [0.25, 0.3) is 0 Å². The Hall–Kier alpha value is -1.84. The predicted octanol–water partition coefficient (Wildman–Crippen LogP) is 6.01. The van der Waals surface area contributed by atoms with Crippen LogP contribution in [0.5, 0.6) is 0 Å². The van der Waals surface area contributed by atoms with E-state index in [-0.39, 0.29) is 28.9 Å². The summed E-state index contributed by atoms with van der Waals surface area (Å²) < 4.78 is 19.5. The highest BCUT2D eigenvalue weighted by Gasteiger charge is 2.54. The summed E-state index contributed by atoms with van der Waals surface area (Å²) in [6.07, 6.45) is 0.567. The smallest absolute Gasteiger partial charge is 0.106 e. The van der Waals surface area contributed by atoms with Crippen molar-refractivity contribution in [3.05, 3.63) is 108 Å². The minimum absolute atomic E-state index is 0.190. The molecule has 0 unspecified atom stereocenters. The van der Waals surface area contributed by atoms with Crippen LogP contribution in [0.15, 0.2) is 91.0 Å². The average Bonchev–Trinajstić information content (AvgIpc) is 3.23. The standard InChI is InChI=1S/C30H35NO4S2/c32-31-26(22-33-19-23-11-4-1-5-12-23)28(34-20-24-13-6-2-7-14-24)29(27(31)30-36-17-10-18-37-30)35-21-25-15-8-3-9-16-25/h1-9,11-16,26-30,32H,10,17-22H2/t26-,27+,28-,29-/m0/s1. The molecular weight excluding hydrogens is 502 g/mol. The number of thioether (sulfide) groups is 2. The second-order valence-electron chi connectivity index (χ2n) is 9.42. The lowest BCUT2D eigenvalue weighted by atomic mass is 10.1. The third-order valence-electron chi connectivity index (χ3n) is 6.79. The van der Waals surface area contributed by atoms with Crippen molar-refractivity contribution in [3.8, 4) is 0 Å². The quantitative estimate of drug-likeness (QED) is 0.321. The third-order valence-corrected chi connectivity index (χ3v) is 9.87. The first-order valence-electron chi connectivity index (χ1n) is 12.9. The molecule has 0 saturated carbocycles. The molecular formula is C30H35NO4S2. The number of hydrogen-bond donors (Lipinski definition) is 1. The highest BCUT2D eigenvalue weighted by atomic mass is 32.2. The molecule has 2 aliphatic rings. The molecule has 0 bridgehead atoms. The van der Waals surface area contributed by atoms with Gasteiger partial charge in [0.1, 0.15) is 12.2 Å². The van der Waals surface area contributed by atoms with Crippen molar-refractivity contribution in [2.45, 2.75) is 55.1 Å². The van der Waals surface area contributed by atoms with E-state index in [1.54, 1.807) is 0 Å². The molecule has 0 radical (unpaired) electrons. The topological polar surface area (TPSA) is 51.2 Å². The van der Waals surface area contributed by atoms with Gasteiger partial charge in [-0.15, -0.1) is 23.5 Å². The van der Waals surface area contributed by atoms with Crippen LogP contribution >= 0.6 is 23.5 Å². The van der Waals surface area contributed by atoms with Gasteiger partial charge in [0.15, 0.2) is 0 Å². The van der Waals surface area contributed by atoms with Crippen LogP contribution < -0.4 is 0 Å². The molecule has 7 heteroatoms. The van der Waals surface area contributed by atoms with Gasteiger partial charge in [-0.05, 0) is 34.6 Å². The maximum atomic E-state index is 11.6. The van der Waals surface area contributed by atoms with Gasteiger partial charge in [-0.1, -0.05) is 91.0 Å². The van der Waals surface area contributed by atoms with Crippen molar-refractivity contribution in [2.75, 3.05) is 18.1 Å². The van der Waals surface area contributed by atoms with Crippen molar-refractivity contribution >= 4 is 23.5 Å². The third kappa shape index (κ3) is 7.18. The lowest BCUT2D eigenvalue weighted by Gasteiger charge is -2.33. The van der Waals surface area contributed by atoms with Gasteiger partial charge >= 0.3 is 0 Å². The normalized spacial score (nSPS) is 24.9. The molecule has 37 heavy (non-hydrogen) atoms. The molecule has 0 aliphatic carbocycles. The second kappa shape index (κ2) is 13.8. The number of ether oxygens (including phenoxy) is 3. The zero-order valence-electron chi connectivity index (χ0n) is 20.9. The summed E-state index contributed by atoms with van der Waals surface area (Å²) in [5, 5.41) is 13.1. The predicted molar refractivity (Wildman–Crippen MR) is 151 cm³/mol. The molecule has 3 aromatic rings. The molecule has 0 aromatic heterocycles. The fraction of sp³-hybridized carbons (Fsp3) is 0.400. The van der Waals surface area contributed by atoms with Crippen molar-refractivity contribution < 1.29 is 19.4 Å². The minimum Gasteiger partial charge on any atom is -0.375 e. The summed E-state index contributed by atoms with van der Waals surface area (Å²) in [5.74, 6) is 2.19. The van der Waals surface area contributed by atoms with Gasteiger partial charge in [-0.25, -0.2) is 0 Å². The maximum absolute atomic E-state index is 11.6. The highest BCUT2D eigenvalue weighted by molar-refractivity contribution is 8.17. The number of hydrogen-bond acceptors (Lipinski definition) is 7.